The predicted molar refractivity (Wildman–Crippen MR) is 73.0 cm³/mol. The molecule has 0 spiro atoms. The van der Waals surface area contributed by atoms with Gasteiger partial charge in [-0.1, -0.05) is 26.0 Å². The van der Waals surface area contributed by atoms with E-state index >= 15 is 0 Å². The Morgan fingerprint density at radius 3 is 2.43 bits per heavy atom. The van der Waals surface area contributed by atoms with Gasteiger partial charge in [0.05, 0.1) is 11.1 Å². The lowest BCUT2D eigenvalue weighted by molar-refractivity contribution is -0.124. The van der Waals surface area contributed by atoms with Gasteiger partial charge in [-0.2, -0.15) is 4.99 Å². The van der Waals surface area contributed by atoms with Crippen LogP contribution in [0.1, 0.15) is 34.6 Å². The Hall–Kier alpha value is -2.70. The molecule has 2 amide bonds. The van der Waals surface area contributed by atoms with Crippen LogP contribution in [-0.4, -0.2) is 35.0 Å². The van der Waals surface area contributed by atoms with Crippen LogP contribution in [0.25, 0.3) is 0 Å². The van der Waals surface area contributed by atoms with E-state index in [1.807, 2.05) is 0 Å². The van der Waals surface area contributed by atoms with Crippen LogP contribution in [0.5, 0.6) is 0 Å². The van der Waals surface area contributed by atoms with Gasteiger partial charge in [-0.3, -0.25) is 14.9 Å². The van der Waals surface area contributed by atoms with E-state index in [1.54, 1.807) is 13.8 Å². The molecule has 21 heavy (non-hydrogen) atoms. The molecule has 1 heterocycles. The highest BCUT2D eigenvalue weighted by atomic mass is 16.5. The number of amidine groups is 1. The van der Waals surface area contributed by atoms with Crippen LogP contribution < -0.4 is 5.32 Å². The van der Waals surface area contributed by atoms with Gasteiger partial charge >= 0.3 is 12.0 Å². The number of aliphatic imine (C=N–C) groups is 1. The number of rotatable bonds is 3. The third-order valence-corrected chi connectivity index (χ3v) is 2.92. The van der Waals surface area contributed by atoms with Gasteiger partial charge in [-0.05, 0) is 18.1 Å². The lowest BCUT2D eigenvalue weighted by Gasteiger charge is -2.09. The fourth-order valence-corrected chi connectivity index (χ4v) is 1.88. The molecule has 0 aliphatic carbocycles. The Labute approximate surface area is 120 Å². The molecule has 0 aromatic heterocycles. The molecule has 1 atom stereocenters. The van der Waals surface area contributed by atoms with Gasteiger partial charge in [0.25, 0.3) is 11.8 Å². The van der Waals surface area contributed by atoms with Gasteiger partial charge in [0, 0.05) is 0 Å². The van der Waals surface area contributed by atoms with Crippen molar-refractivity contribution >= 4 is 23.8 Å². The van der Waals surface area contributed by atoms with E-state index < -0.39 is 18.0 Å². The Morgan fingerprint density at radius 2 is 1.90 bits per heavy atom. The lowest BCUT2D eigenvalue weighted by atomic mass is 10.1. The third-order valence-electron chi connectivity index (χ3n) is 2.92. The molecule has 1 aliphatic heterocycles. The summed E-state index contributed by atoms with van der Waals surface area (Å²) in [6, 6.07) is 5.50. The van der Waals surface area contributed by atoms with E-state index in [2.05, 4.69) is 10.3 Å². The first-order chi connectivity index (χ1) is 9.90. The number of benzene rings is 1. The second-order valence-electron chi connectivity index (χ2n) is 4.84. The summed E-state index contributed by atoms with van der Waals surface area (Å²) >= 11 is 0. The van der Waals surface area contributed by atoms with Crippen molar-refractivity contribution in [3.63, 3.8) is 0 Å². The zero-order chi connectivity index (χ0) is 15.6. The molecule has 1 unspecified atom stereocenters. The van der Waals surface area contributed by atoms with Crippen LogP contribution in [0.4, 0.5) is 0 Å². The fourth-order valence-electron chi connectivity index (χ4n) is 1.88. The maximum Gasteiger partial charge on any atom is 0.336 e. The van der Waals surface area contributed by atoms with Crippen molar-refractivity contribution in [3.05, 3.63) is 35.4 Å². The zero-order valence-electron chi connectivity index (χ0n) is 11.5. The normalized spacial score (nSPS) is 19.5. The van der Waals surface area contributed by atoms with Crippen LogP contribution in [0, 0.1) is 5.92 Å². The minimum Gasteiger partial charge on any atom is -0.478 e. The van der Waals surface area contributed by atoms with E-state index in [-0.39, 0.29) is 29.0 Å². The average molecular weight is 290 g/mol. The van der Waals surface area contributed by atoms with Crippen LogP contribution in [0.2, 0.25) is 0 Å². The minimum atomic E-state index is -1.23. The molecule has 7 heteroatoms. The molecule has 110 valence electrons. The Bertz CT molecular complexity index is 636. The molecule has 0 saturated carbocycles. The van der Waals surface area contributed by atoms with Gasteiger partial charge in [-0.15, -0.1) is 0 Å². The summed E-state index contributed by atoms with van der Waals surface area (Å²) < 4.78 is 5.25. The molecule has 1 aromatic carbocycles. The molecule has 2 N–H and O–H groups in total. The van der Waals surface area contributed by atoms with Gasteiger partial charge in [0.2, 0.25) is 0 Å². The molecule has 0 bridgehead atoms. The summed E-state index contributed by atoms with van der Waals surface area (Å²) in [4.78, 5) is 38.3. The van der Waals surface area contributed by atoms with Gasteiger partial charge in [0.1, 0.15) is 0 Å². The number of aromatic carboxylic acids is 1. The topological polar surface area (TPSA) is 105 Å². The van der Waals surface area contributed by atoms with Crippen molar-refractivity contribution in [1.82, 2.24) is 5.32 Å². The number of carbonyl (C=O) groups is 3. The highest BCUT2D eigenvalue weighted by Crippen LogP contribution is 2.14. The molecule has 0 radical (unpaired) electrons. The summed E-state index contributed by atoms with van der Waals surface area (Å²) in [6.45, 7) is 3.60. The summed E-state index contributed by atoms with van der Waals surface area (Å²) in [5.41, 5.74) is -0.222. The number of hydrogen-bond acceptors (Lipinski definition) is 4. The molecule has 1 saturated heterocycles. The van der Waals surface area contributed by atoms with Crippen LogP contribution >= 0.6 is 0 Å². The highest BCUT2D eigenvalue weighted by molar-refractivity contribution is 6.11. The van der Waals surface area contributed by atoms with Gasteiger partial charge in [0.15, 0.2) is 6.10 Å². The van der Waals surface area contributed by atoms with E-state index in [1.165, 1.54) is 24.3 Å². The molecule has 2 rings (SSSR count). The predicted octanol–water partition coefficient (Wildman–Crippen LogP) is 1.05. The van der Waals surface area contributed by atoms with Gasteiger partial charge < -0.3 is 9.84 Å². The fraction of sp³-hybridized carbons (Fsp3) is 0.286. The average Bonchev–Trinajstić information content (AvgIpc) is 2.79. The Kier molecular flexibility index (Phi) is 4.02. The number of carboxylic acids is 1. The molecule has 7 nitrogen and oxygen atoms in total. The standard InChI is InChI=1S/C14H14N2O5/c1-7(2)10-12(18)16-14(21-10)15-11(17)8-5-3-4-6-9(8)13(19)20/h3-7,10H,1-2H3,(H,19,20)(H,15,16,17,18). The van der Waals surface area contributed by atoms with Crippen molar-refractivity contribution in [3.8, 4) is 0 Å². The summed E-state index contributed by atoms with van der Waals surface area (Å²) in [5.74, 6) is -2.45. The van der Waals surface area contributed by atoms with Crippen molar-refractivity contribution in [2.75, 3.05) is 0 Å². The molecule has 1 fully saturated rings. The largest absolute Gasteiger partial charge is 0.478 e. The molecule has 1 aliphatic rings. The molecular formula is C14H14N2O5. The smallest absolute Gasteiger partial charge is 0.336 e. The number of nitrogens with zero attached hydrogens (tertiary/aromatic N) is 1. The maximum absolute atomic E-state index is 12.0. The number of carboxylic acid groups (broad SMARTS) is 1. The number of ether oxygens (including phenoxy) is 1. The summed E-state index contributed by atoms with van der Waals surface area (Å²) in [5, 5.41) is 11.4. The van der Waals surface area contributed by atoms with E-state index in [0.717, 1.165) is 0 Å². The Morgan fingerprint density at radius 1 is 1.29 bits per heavy atom. The van der Waals surface area contributed by atoms with Crippen LogP contribution in [0.3, 0.4) is 0 Å². The first kappa shape index (κ1) is 14.7. The monoisotopic (exact) mass is 290 g/mol. The third kappa shape index (κ3) is 3.07. The first-order valence-corrected chi connectivity index (χ1v) is 6.33. The summed E-state index contributed by atoms with van der Waals surface area (Å²) in [7, 11) is 0. The Balaban J connectivity index is 2.25. The van der Waals surface area contributed by atoms with Crippen molar-refractivity contribution < 1.29 is 24.2 Å². The lowest BCUT2D eigenvalue weighted by Crippen LogP contribution is -2.28. The molecule has 1 aromatic rings. The van der Waals surface area contributed by atoms with E-state index in [9.17, 15) is 14.4 Å². The number of hydrogen-bond donors (Lipinski definition) is 2. The SMILES string of the molecule is CC(C)C1OC(=NC(=O)c2ccccc2C(=O)O)NC1=O. The minimum absolute atomic E-state index is 0.0663. The number of amides is 2. The first-order valence-electron chi connectivity index (χ1n) is 6.33. The van der Waals surface area contributed by atoms with Crippen LogP contribution in [0.15, 0.2) is 29.3 Å². The van der Waals surface area contributed by atoms with E-state index in [0.29, 0.717) is 0 Å². The van der Waals surface area contributed by atoms with Crippen molar-refractivity contribution in [2.24, 2.45) is 10.9 Å². The van der Waals surface area contributed by atoms with Crippen molar-refractivity contribution in [1.29, 1.82) is 0 Å². The van der Waals surface area contributed by atoms with Gasteiger partial charge in [-0.25, -0.2) is 4.79 Å². The highest BCUT2D eigenvalue weighted by Gasteiger charge is 2.34. The quantitative estimate of drug-likeness (QED) is 0.865. The second kappa shape index (κ2) is 5.74. The molecular weight excluding hydrogens is 276 g/mol. The maximum atomic E-state index is 12.0. The van der Waals surface area contributed by atoms with Crippen LogP contribution in [-0.2, 0) is 9.53 Å². The van der Waals surface area contributed by atoms with E-state index in [4.69, 9.17) is 9.84 Å². The second-order valence-corrected chi connectivity index (χ2v) is 4.84. The summed E-state index contributed by atoms with van der Waals surface area (Å²) in [6.07, 6.45) is -0.703. The van der Waals surface area contributed by atoms with Crippen molar-refractivity contribution in [2.45, 2.75) is 20.0 Å². The zero-order valence-corrected chi connectivity index (χ0v) is 11.5. The number of carbonyl (C=O) groups excluding carboxylic acids is 2. The number of nitrogens with one attached hydrogen (secondary N) is 1.